The SMILES string of the molecule is CCCCC(B(Cc1ccc(OC)cc1)Cc1ccc(OC)cc1)c1ccc(OC)cc1. The molecule has 0 spiro atoms. The molecule has 0 fully saturated rings. The molecule has 0 heterocycles. The monoisotopic (exact) mass is 430 g/mol. The molecule has 0 saturated heterocycles. The molecule has 0 aliphatic rings. The van der Waals surface area contributed by atoms with Gasteiger partial charge < -0.3 is 14.2 Å². The van der Waals surface area contributed by atoms with Crippen LogP contribution in [0.2, 0.25) is 0 Å². The summed E-state index contributed by atoms with van der Waals surface area (Å²) >= 11 is 0. The molecule has 0 aliphatic heterocycles. The Bertz CT molecular complexity index is 871. The van der Waals surface area contributed by atoms with Crippen LogP contribution in [0.4, 0.5) is 0 Å². The van der Waals surface area contributed by atoms with Crippen molar-refractivity contribution in [3.8, 4) is 17.2 Å². The summed E-state index contributed by atoms with van der Waals surface area (Å²) in [6, 6.07) is 25.7. The van der Waals surface area contributed by atoms with Gasteiger partial charge in [-0.3, -0.25) is 0 Å². The van der Waals surface area contributed by atoms with Crippen LogP contribution in [0, 0.1) is 0 Å². The molecule has 1 unspecified atom stereocenters. The Morgan fingerprint density at radius 3 is 1.41 bits per heavy atom. The van der Waals surface area contributed by atoms with Crippen molar-refractivity contribution in [1.29, 1.82) is 0 Å². The highest BCUT2D eigenvalue weighted by molar-refractivity contribution is 6.59. The number of ether oxygens (including phenoxy) is 3. The van der Waals surface area contributed by atoms with Crippen molar-refractivity contribution in [3.05, 3.63) is 89.5 Å². The molecule has 0 aromatic heterocycles. The summed E-state index contributed by atoms with van der Waals surface area (Å²) in [4.78, 5) is 0. The number of hydrogen-bond acceptors (Lipinski definition) is 3. The van der Waals surface area contributed by atoms with E-state index in [-0.39, 0.29) is 0 Å². The van der Waals surface area contributed by atoms with Crippen molar-refractivity contribution in [1.82, 2.24) is 0 Å². The third-order valence-corrected chi connectivity index (χ3v) is 6.30. The van der Waals surface area contributed by atoms with Gasteiger partial charge in [-0.1, -0.05) is 79.3 Å². The van der Waals surface area contributed by atoms with Crippen molar-refractivity contribution in [2.45, 2.75) is 44.6 Å². The van der Waals surface area contributed by atoms with E-state index in [1.54, 1.807) is 21.3 Å². The third-order valence-electron chi connectivity index (χ3n) is 6.30. The van der Waals surface area contributed by atoms with E-state index in [0.717, 1.165) is 29.9 Å². The molecule has 0 amide bonds. The van der Waals surface area contributed by atoms with Crippen LogP contribution >= 0.6 is 0 Å². The van der Waals surface area contributed by atoms with Crippen LogP contribution in [0.15, 0.2) is 72.8 Å². The largest absolute Gasteiger partial charge is 0.497 e. The fraction of sp³-hybridized carbons (Fsp3) is 0.357. The maximum absolute atomic E-state index is 5.40. The lowest BCUT2D eigenvalue weighted by atomic mass is 9.34. The van der Waals surface area contributed by atoms with Gasteiger partial charge >= 0.3 is 0 Å². The average molecular weight is 430 g/mol. The zero-order valence-corrected chi connectivity index (χ0v) is 19.8. The Labute approximate surface area is 193 Å². The molecular formula is C28H35BO3. The highest BCUT2D eigenvalue weighted by atomic mass is 16.5. The number of benzene rings is 3. The molecule has 0 radical (unpaired) electrons. The van der Waals surface area contributed by atoms with E-state index in [9.17, 15) is 0 Å². The van der Waals surface area contributed by atoms with E-state index in [1.807, 2.05) is 0 Å². The zero-order valence-electron chi connectivity index (χ0n) is 19.8. The predicted octanol–water partition coefficient (Wildman–Crippen LogP) is 6.58. The Morgan fingerprint density at radius 2 is 1.03 bits per heavy atom. The summed E-state index contributed by atoms with van der Waals surface area (Å²) in [7, 11) is 5.15. The summed E-state index contributed by atoms with van der Waals surface area (Å²) in [5, 5.41) is 0. The van der Waals surface area contributed by atoms with Gasteiger partial charge in [-0.2, -0.15) is 0 Å². The summed E-state index contributed by atoms with van der Waals surface area (Å²) in [6.07, 6.45) is 5.65. The van der Waals surface area contributed by atoms with E-state index in [4.69, 9.17) is 14.2 Å². The molecule has 0 N–H and O–H groups in total. The van der Waals surface area contributed by atoms with Crippen molar-refractivity contribution in [2.75, 3.05) is 21.3 Å². The Kier molecular flexibility index (Phi) is 9.09. The van der Waals surface area contributed by atoms with Gasteiger partial charge in [0.15, 0.2) is 6.71 Å². The van der Waals surface area contributed by atoms with Gasteiger partial charge in [0.25, 0.3) is 0 Å². The first-order valence-electron chi connectivity index (χ1n) is 11.6. The minimum Gasteiger partial charge on any atom is -0.497 e. The van der Waals surface area contributed by atoms with Crippen molar-refractivity contribution in [2.24, 2.45) is 0 Å². The van der Waals surface area contributed by atoms with E-state index in [0.29, 0.717) is 12.5 Å². The smallest absolute Gasteiger partial charge is 0.157 e. The normalized spacial score (nSPS) is 11.6. The molecule has 4 heteroatoms. The second kappa shape index (κ2) is 12.2. The van der Waals surface area contributed by atoms with Gasteiger partial charge in [0.05, 0.1) is 21.3 Å². The molecule has 168 valence electrons. The second-order valence-electron chi connectivity index (χ2n) is 8.39. The fourth-order valence-electron chi connectivity index (χ4n) is 4.44. The van der Waals surface area contributed by atoms with Crippen molar-refractivity contribution < 1.29 is 14.2 Å². The predicted molar refractivity (Wildman–Crippen MR) is 134 cm³/mol. The summed E-state index contributed by atoms with van der Waals surface area (Å²) in [5.41, 5.74) is 4.09. The van der Waals surface area contributed by atoms with Crippen LogP contribution < -0.4 is 14.2 Å². The average Bonchev–Trinajstić information content (AvgIpc) is 2.85. The van der Waals surface area contributed by atoms with Gasteiger partial charge in [-0.15, -0.1) is 0 Å². The van der Waals surface area contributed by atoms with Gasteiger partial charge in [0, 0.05) is 0 Å². The quantitative estimate of drug-likeness (QED) is 0.304. The first kappa shape index (κ1) is 23.8. The van der Waals surface area contributed by atoms with Crippen molar-refractivity contribution >= 4 is 6.71 Å². The van der Waals surface area contributed by atoms with E-state index >= 15 is 0 Å². The Balaban J connectivity index is 1.92. The number of rotatable bonds is 12. The molecular weight excluding hydrogens is 395 g/mol. The molecule has 0 bridgehead atoms. The molecule has 0 saturated carbocycles. The fourth-order valence-corrected chi connectivity index (χ4v) is 4.44. The summed E-state index contributed by atoms with van der Waals surface area (Å²) < 4.78 is 16.1. The lowest BCUT2D eigenvalue weighted by molar-refractivity contribution is 0.414. The third kappa shape index (κ3) is 6.56. The first-order chi connectivity index (χ1) is 15.7. The number of unbranched alkanes of at least 4 members (excludes halogenated alkanes) is 1. The van der Waals surface area contributed by atoms with Gasteiger partial charge in [-0.05, 0) is 54.9 Å². The second-order valence-corrected chi connectivity index (χ2v) is 8.39. The molecule has 1 atom stereocenters. The van der Waals surface area contributed by atoms with Crippen LogP contribution in [-0.4, -0.2) is 28.0 Å². The Hall–Kier alpha value is -2.88. The number of hydrogen-bond donors (Lipinski definition) is 0. The van der Waals surface area contributed by atoms with Crippen LogP contribution in [0.25, 0.3) is 0 Å². The molecule has 3 nitrogen and oxygen atoms in total. The number of methoxy groups -OCH3 is 3. The van der Waals surface area contributed by atoms with Crippen LogP contribution in [0.3, 0.4) is 0 Å². The highest BCUT2D eigenvalue weighted by Gasteiger charge is 2.27. The standard InChI is InChI=1S/C28H35BO3/c1-5-6-7-28(24-12-18-27(32-4)19-13-24)29(20-22-8-14-25(30-2)15-9-22)21-23-10-16-26(31-3)17-11-23/h8-19,28H,5-7,20-21H2,1-4H3. The van der Waals surface area contributed by atoms with Crippen LogP contribution in [-0.2, 0) is 12.6 Å². The Morgan fingerprint density at radius 1 is 0.625 bits per heavy atom. The minimum absolute atomic E-state index is 0.477. The van der Waals surface area contributed by atoms with Gasteiger partial charge in [0.1, 0.15) is 17.2 Å². The van der Waals surface area contributed by atoms with Gasteiger partial charge in [0.2, 0.25) is 0 Å². The lowest BCUT2D eigenvalue weighted by Gasteiger charge is -2.26. The molecule has 3 rings (SSSR count). The molecule has 0 aliphatic carbocycles. The van der Waals surface area contributed by atoms with E-state index < -0.39 is 0 Å². The summed E-state index contributed by atoms with van der Waals surface area (Å²) in [5.74, 6) is 3.19. The van der Waals surface area contributed by atoms with E-state index in [2.05, 4.69) is 79.7 Å². The maximum Gasteiger partial charge on any atom is 0.157 e. The van der Waals surface area contributed by atoms with E-state index in [1.165, 1.54) is 36.0 Å². The molecule has 3 aromatic rings. The molecule has 3 aromatic carbocycles. The van der Waals surface area contributed by atoms with Crippen molar-refractivity contribution in [3.63, 3.8) is 0 Å². The topological polar surface area (TPSA) is 27.7 Å². The first-order valence-corrected chi connectivity index (χ1v) is 11.6. The van der Waals surface area contributed by atoms with Gasteiger partial charge in [-0.25, -0.2) is 0 Å². The van der Waals surface area contributed by atoms with Crippen LogP contribution in [0.5, 0.6) is 17.2 Å². The van der Waals surface area contributed by atoms with Crippen LogP contribution in [0.1, 0.15) is 48.7 Å². The highest BCUT2D eigenvalue weighted by Crippen LogP contribution is 2.31. The molecule has 32 heavy (non-hydrogen) atoms. The lowest BCUT2D eigenvalue weighted by Crippen LogP contribution is -2.30. The zero-order chi connectivity index (χ0) is 22.8. The summed E-state index contributed by atoms with van der Waals surface area (Å²) in [6.45, 7) is 2.75. The maximum atomic E-state index is 5.40. The minimum atomic E-state index is 0.477.